The molecular formula is C16H17ClFNS. The molecule has 2 aromatic rings. The molecule has 2 aromatic carbocycles. The number of thioether (sulfide) groups is 1. The van der Waals surface area contributed by atoms with Crippen molar-refractivity contribution in [2.24, 2.45) is 0 Å². The van der Waals surface area contributed by atoms with Crippen LogP contribution in [0.2, 0.25) is 5.02 Å². The lowest BCUT2D eigenvalue weighted by Gasteiger charge is -2.17. The Balaban J connectivity index is 2.07. The molecule has 2 rings (SSSR count). The monoisotopic (exact) mass is 309 g/mol. The second kappa shape index (κ2) is 7.11. The Morgan fingerprint density at radius 1 is 1.20 bits per heavy atom. The number of halogens is 2. The van der Waals surface area contributed by atoms with Gasteiger partial charge >= 0.3 is 0 Å². The summed E-state index contributed by atoms with van der Waals surface area (Å²) < 4.78 is 13.9. The molecule has 1 atom stereocenters. The van der Waals surface area contributed by atoms with Gasteiger partial charge in [0.05, 0.1) is 0 Å². The van der Waals surface area contributed by atoms with Crippen molar-refractivity contribution in [1.82, 2.24) is 5.32 Å². The minimum Gasteiger partial charge on any atom is -0.312 e. The summed E-state index contributed by atoms with van der Waals surface area (Å²) in [4.78, 5) is 1.19. The average molecular weight is 310 g/mol. The molecular weight excluding hydrogens is 293 g/mol. The highest BCUT2D eigenvalue weighted by Gasteiger charge is 2.14. The van der Waals surface area contributed by atoms with Crippen molar-refractivity contribution in [2.75, 3.05) is 12.8 Å². The molecule has 1 N–H and O–H groups in total. The largest absolute Gasteiger partial charge is 0.312 e. The van der Waals surface area contributed by atoms with Gasteiger partial charge in [0.1, 0.15) is 5.82 Å². The van der Waals surface area contributed by atoms with E-state index in [0.29, 0.717) is 10.6 Å². The van der Waals surface area contributed by atoms with Crippen LogP contribution in [-0.2, 0) is 0 Å². The van der Waals surface area contributed by atoms with Gasteiger partial charge in [-0.05, 0) is 38.2 Å². The highest BCUT2D eigenvalue weighted by molar-refractivity contribution is 7.99. The Labute approximate surface area is 128 Å². The number of hydrogen-bond acceptors (Lipinski definition) is 2. The first-order valence-electron chi connectivity index (χ1n) is 6.42. The Hall–Kier alpha value is -1.03. The first kappa shape index (κ1) is 15.4. The van der Waals surface area contributed by atoms with Gasteiger partial charge in [-0.25, -0.2) is 4.39 Å². The third-order valence-corrected chi connectivity index (χ3v) is 4.46. The van der Waals surface area contributed by atoms with Gasteiger partial charge in [0.25, 0.3) is 0 Å². The molecule has 0 saturated carbocycles. The van der Waals surface area contributed by atoms with E-state index in [4.69, 9.17) is 11.6 Å². The van der Waals surface area contributed by atoms with Crippen LogP contribution in [0.3, 0.4) is 0 Å². The van der Waals surface area contributed by atoms with Gasteiger partial charge in [-0.2, -0.15) is 0 Å². The summed E-state index contributed by atoms with van der Waals surface area (Å²) in [6.07, 6.45) is 0. The molecule has 0 aromatic heterocycles. The molecule has 0 saturated heterocycles. The van der Waals surface area contributed by atoms with E-state index in [0.717, 1.165) is 5.75 Å². The zero-order valence-electron chi connectivity index (χ0n) is 11.5. The third kappa shape index (κ3) is 3.98. The van der Waals surface area contributed by atoms with E-state index in [1.807, 2.05) is 7.05 Å². The van der Waals surface area contributed by atoms with E-state index in [1.54, 1.807) is 23.9 Å². The third-order valence-electron chi connectivity index (χ3n) is 3.12. The fourth-order valence-electron chi connectivity index (χ4n) is 1.93. The predicted octanol–water partition coefficient (Wildman–Crippen LogP) is 4.84. The number of benzene rings is 2. The first-order chi connectivity index (χ1) is 9.60. The maximum Gasteiger partial charge on any atom is 0.129 e. The lowest BCUT2D eigenvalue weighted by Crippen LogP contribution is -2.20. The van der Waals surface area contributed by atoms with Gasteiger partial charge in [0.15, 0.2) is 0 Å². The minimum atomic E-state index is -0.263. The number of rotatable bonds is 5. The summed E-state index contributed by atoms with van der Waals surface area (Å²) in [5.41, 5.74) is 1.89. The van der Waals surface area contributed by atoms with Gasteiger partial charge < -0.3 is 5.32 Å². The zero-order valence-corrected chi connectivity index (χ0v) is 13.1. The molecule has 0 heterocycles. The van der Waals surface area contributed by atoms with E-state index in [9.17, 15) is 4.39 Å². The molecule has 4 heteroatoms. The van der Waals surface area contributed by atoms with Crippen LogP contribution in [0.15, 0.2) is 47.4 Å². The molecule has 0 aliphatic carbocycles. The Morgan fingerprint density at radius 2 is 1.90 bits per heavy atom. The van der Waals surface area contributed by atoms with Crippen LogP contribution in [0, 0.1) is 12.7 Å². The maximum atomic E-state index is 13.9. The lowest BCUT2D eigenvalue weighted by atomic mass is 10.1. The molecule has 1 unspecified atom stereocenters. The van der Waals surface area contributed by atoms with Crippen molar-refractivity contribution in [3.8, 4) is 0 Å². The van der Waals surface area contributed by atoms with Crippen LogP contribution in [0.5, 0.6) is 0 Å². The fraction of sp³-hybridized carbons (Fsp3) is 0.250. The Bertz CT molecular complexity index is 571. The van der Waals surface area contributed by atoms with Crippen LogP contribution in [0.25, 0.3) is 0 Å². The number of aryl methyl sites for hydroxylation is 1. The smallest absolute Gasteiger partial charge is 0.129 e. The summed E-state index contributed by atoms with van der Waals surface area (Å²) in [5.74, 6) is 0.499. The topological polar surface area (TPSA) is 12.0 Å². The molecule has 0 aliphatic heterocycles. The van der Waals surface area contributed by atoms with Gasteiger partial charge in [-0.3, -0.25) is 0 Å². The molecule has 0 radical (unpaired) electrons. The van der Waals surface area contributed by atoms with Crippen molar-refractivity contribution in [3.05, 3.63) is 64.4 Å². The molecule has 1 nitrogen and oxygen atoms in total. The van der Waals surface area contributed by atoms with Gasteiger partial charge in [-0.1, -0.05) is 35.4 Å². The Kier molecular flexibility index (Phi) is 5.46. The van der Waals surface area contributed by atoms with E-state index >= 15 is 0 Å². The predicted molar refractivity (Wildman–Crippen MR) is 85.1 cm³/mol. The Morgan fingerprint density at radius 3 is 2.50 bits per heavy atom. The summed E-state index contributed by atoms with van der Waals surface area (Å²) in [6.45, 7) is 2.06. The molecule has 0 spiro atoms. The van der Waals surface area contributed by atoms with Gasteiger partial charge in [0, 0.05) is 27.3 Å². The van der Waals surface area contributed by atoms with Crippen LogP contribution < -0.4 is 5.32 Å². The van der Waals surface area contributed by atoms with Crippen LogP contribution in [-0.4, -0.2) is 12.8 Å². The maximum absolute atomic E-state index is 13.9. The standard InChI is InChI=1S/C16H17ClFNS/c1-11-3-6-13(7-4-11)20-10-16(19-2)14-8-5-12(17)9-15(14)18/h3-9,16,19H,10H2,1-2H3. The molecule has 0 aliphatic rings. The quantitative estimate of drug-likeness (QED) is 0.793. The first-order valence-corrected chi connectivity index (χ1v) is 7.78. The summed E-state index contributed by atoms with van der Waals surface area (Å²) in [7, 11) is 1.84. The van der Waals surface area contributed by atoms with E-state index in [-0.39, 0.29) is 11.9 Å². The van der Waals surface area contributed by atoms with Crippen molar-refractivity contribution in [2.45, 2.75) is 17.9 Å². The highest BCUT2D eigenvalue weighted by Crippen LogP contribution is 2.27. The molecule has 0 amide bonds. The van der Waals surface area contributed by atoms with E-state index < -0.39 is 0 Å². The van der Waals surface area contributed by atoms with Crippen molar-refractivity contribution in [3.63, 3.8) is 0 Å². The average Bonchev–Trinajstić information content (AvgIpc) is 2.43. The zero-order chi connectivity index (χ0) is 14.5. The van der Waals surface area contributed by atoms with Crippen LogP contribution in [0.1, 0.15) is 17.2 Å². The summed E-state index contributed by atoms with van der Waals surface area (Å²) in [6, 6.07) is 13.1. The van der Waals surface area contributed by atoms with E-state index in [1.165, 1.54) is 16.5 Å². The van der Waals surface area contributed by atoms with Crippen molar-refractivity contribution < 1.29 is 4.39 Å². The molecule has 0 bridgehead atoms. The number of hydrogen-bond donors (Lipinski definition) is 1. The van der Waals surface area contributed by atoms with Crippen molar-refractivity contribution in [1.29, 1.82) is 0 Å². The minimum absolute atomic E-state index is 0.0430. The summed E-state index contributed by atoms with van der Waals surface area (Å²) >= 11 is 7.49. The van der Waals surface area contributed by atoms with Gasteiger partial charge in [0.2, 0.25) is 0 Å². The lowest BCUT2D eigenvalue weighted by molar-refractivity contribution is 0.566. The van der Waals surface area contributed by atoms with Crippen molar-refractivity contribution >= 4 is 23.4 Å². The fourth-order valence-corrected chi connectivity index (χ4v) is 3.12. The summed E-state index contributed by atoms with van der Waals surface area (Å²) in [5, 5.41) is 3.58. The molecule has 0 fully saturated rings. The second-order valence-electron chi connectivity index (χ2n) is 4.63. The molecule has 106 valence electrons. The normalized spacial score (nSPS) is 12.4. The SMILES string of the molecule is CNC(CSc1ccc(C)cc1)c1ccc(Cl)cc1F. The molecule has 20 heavy (non-hydrogen) atoms. The highest BCUT2D eigenvalue weighted by atomic mass is 35.5. The van der Waals surface area contributed by atoms with Crippen LogP contribution >= 0.6 is 23.4 Å². The number of nitrogens with one attached hydrogen (secondary N) is 1. The van der Waals surface area contributed by atoms with E-state index in [2.05, 4.69) is 36.5 Å². The second-order valence-corrected chi connectivity index (χ2v) is 6.16. The van der Waals surface area contributed by atoms with Crippen LogP contribution in [0.4, 0.5) is 4.39 Å². The van der Waals surface area contributed by atoms with Gasteiger partial charge in [-0.15, -0.1) is 11.8 Å².